The van der Waals surface area contributed by atoms with Crippen LogP contribution in [0.15, 0.2) is 60.7 Å². The van der Waals surface area contributed by atoms with Gasteiger partial charge in [-0.1, -0.05) is 29.8 Å². The van der Waals surface area contributed by atoms with Gasteiger partial charge in [-0.25, -0.2) is 0 Å². The quantitative estimate of drug-likeness (QED) is 0.378. The van der Waals surface area contributed by atoms with E-state index in [1.165, 1.54) is 0 Å². The molecule has 0 spiro atoms. The minimum Gasteiger partial charge on any atom is -0.340 e. The molecule has 0 aromatic heterocycles. The van der Waals surface area contributed by atoms with Gasteiger partial charge in [0.1, 0.15) is 0 Å². The maximum Gasteiger partial charge on any atom is 0.258 e. The number of anilines is 2. The molecule has 1 atom stereocenters. The monoisotopic (exact) mass is 586 g/mol. The van der Waals surface area contributed by atoms with Crippen LogP contribution in [0.4, 0.5) is 11.4 Å². The van der Waals surface area contributed by atoms with Crippen LogP contribution in [0.1, 0.15) is 63.6 Å². The highest BCUT2D eigenvalue weighted by molar-refractivity contribution is 6.30. The zero-order valence-corrected chi connectivity index (χ0v) is 25.4. The van der Waals surface area contributed by atoms with Gasteiger partial charge in [0, 0.05) is 73.2 Å². The van der Waals surface area contributed by atoms with Crippen molar-refractivity contribution < 1.29 is 14.4 Å². The second kappa shape index (κ2) is 13.1. The fourth-order valence-electron chi connectivity index (χ4n) is 6.15. The Hall–Kier alpha value is -3.68. The van der Waals surface area contributed by atoms with Crippen LogP contribution in [0.5, 0.6) is 0 Å². The Morgan fingerprint density at radius 1 is 0.905 bits per heavy atom. The van der Waals surface area contributed by atoms with E-state index >= 15 is 0 Å². The van der Waals surface area contributed by atoms with Crippen molar-refractivity contribution in [2.24, 2.45) is 0 Å². The average molecular weight is 587 g/mol. The van der Waals surface area contributed by atoms with Crippen LogP contribution in [0.2, 0.25) is 5.02 Å². The first-order valence-corrected chi connectivity index (χ1v) is 15.2. The number of hydrogen-bond acceptors (Lipinski definition) is 4. The van der Waals surface area contributed by atoms with E-state index in [4.69, 9.17) is 11.6 Å². The topological polar surface area (TPSA) is 73.0 Å². The van der Waals surface area contributed by atoms with Crippen molar-refractivity contribution in [1.82, 2.24) is 9.80 Å². The maximum absolute atomic E-state index is 14.3. The lowest BCUT2D eigenvalue weighted by Gasteiger charge is -2.37. The number of halogens is 1. The Balaban J connectivity index is 1.37. The Morgan fingerprint density at radius 2 is 1.67 bits per heavy atom. The van der Waals surface area contributed by atoms with Gasteiger partial charge in [0.15, 0.2) is 0 Å². The van der Waals surface area contributed by atoms with E-state index in [1.54, 1.807) is 13.0 Å². The zero-order chi connectivity index (χ0) is 29.8. The minimum absolute atomic E-state index is 0.0330. The van der Waals surface area contributed by atoms with E-state index in [2.05, 4.69) is 10.2 Å². The van der Waals surface area contributed by atoms with Gasteiger partial charge in [-0.2, -0.15) is 0 Å². The highest BCUT2D eigenvalue weighted by atomic mass is 35.5. The Kier molecular flexibility index (Phi) is 9.29. The Labute approximate surface area is 253 Å². The molecule has 0 saturated carbocycles. The van der Waals surface area contributed by atoms with Gasteiger partial charge >= 0.3 is 0 Å². The summed E-state index contributed by atoms with van der Waals surface area (Å²) in [6.07, 6.45) is 3.59. The molecule has 0 aliphatic carbocycles. The summed E-state index contributed by atoms with van der Waals surface area (Å²) in [4.78, 5) is 45.3. The van der Waals surface area contributed by atoms with Gasteiger partial charge in [0.25, 0.3) is 11.8 Å². The molecule has 3 aromatic carbocycles. The lowest BCUT2D eigenvalue weighted by Crippen LogP contribution is -2.49. The van der Waals surface area contributed by atoms with Crippen LogP contribution in [0.3, 0.4) is 0 Å². The minimum atomic E-state index is -0.172. The number of carbonyl (C=O) groups excluding carboxylic acids is 3. The fraction of sp³-hybridized carbons (Fsp3) is 0.382. The molecule has 2 heterocycles. The van der Waals surface area contributed by atoms with E-state index in [0.29, 0.717) is 21.8 Å². The summed E-state index contributed by atoms with van der Waals surface area (Å²) >= 11 is 6.37. The van der Waals surface area contributed by atoms with Crippen LogP contribution in [0.25, 0.3) is 0 Å². The molecular weight excluding hydrogens is 548 g/mol. The molecule has 0 bridgehead atoms. The van der Waals surface area contributed by atoms with Gasteiger partial charge in [-0.15, -0.1) is 0 Å². The molecule has 42 heavy (non-hydrogen) atoms. The highest BCUT2D eigenvalue weighted by Gasteiger charge is 2.32. The molecule has 2 aliphatic heterocycles. The third-order valence-electron chi connectivity index (χ3n) is 8.57. The molecule has 0 radical (unpaired) electrons. The van der Waals surface area contributed by atoms with Crippen molar-refractivity contribution in [1.29, 1.82) is 0 Å². The molecule has 5 rings (SSSR count). The largest absolute Gasteiger partial charge is 0.340 e. The SMILES string of the molecule is CC(=O)N1CCN(CCC2CCCc3cc(Cl)ccc3N2C(=O)c2ccc(NC(=O)c3ccccc3C)cc2C)CC1. The van der Waals surface area contributed by atoms with Crippen LogP contribution < -0.4 is 10.2 Å². The van der Waals surface area contributed by atoms with E-state index < -0.39 is 0 Å². The number of benzene rings is 3. The summed E-state index contributed by atoms with van der Waals surface area (Å²) in [7, 11) is 0. The van der Waals surface area contributed by atoms with Crippen molar-refractivity contribution in [2.75, 3.05) is 42.9 Å². The van der Waals surface area contributed by atoms with E-state index in [-0.39, 0.29) is 23.8 Å². The van der Waals surface area contributed by atoms with Crippen LogP contribution in [0, 0.1) is 13.8 Å². The Bertz CT molecular complexity index is 1480. The molecule has 220 valence electrons. The zero-order valence-electron chi connectivity index (χ0n) is 24.7. The number of fused-ring (bicyclic) bond motifs is 1. The maximum atomic E-state index is 14.3. The van der Waals surface area contributed by atoms with Gasteiger partial charge < -0.3 is 15.1 Å². The number of carbonyl (C=O) groups is 3. The number of nitrogens with one attached hydrogen (secondary N) is 1. The van der Waals surface area contributed by atoms with Crippen LogP contribution in [-0.4, -0.2) is 66.3 Å². The van der Waals surface area contributed by atoms with E-state index in [0.717, 1.165) is 80.8 Å². The van der Waals surface area contributed by atoms with Gasteiger partial charge in [0.2, 0.25) is 5.91 Å². The predicted octanol–water partition coefficient (Wildman–Crippen LogP) is 6.12. The third-order valence-corrected chi connectivity index (χ3v) is 8.80. The lowest BCUT2D eigenvalue weighted by atomic mass is 10.0. The van der Waals surface area contributed by atoms with E-state index in [9.17, 15) is 14.4 Å². The first-order chi connectivity index (χ1) is 20.2. The fourth-order valence-corrected chi connectivity index (χ4v) is 6.34. The summed E-state index contributed by atoms with van der Waals surface area (Å²) in [5.41, 5.74) is 5.62. The van der Waals surface area contributed by atoms with Crippen molar-refractivity contribution in [3.63, 3.8) is 0 Å². The standard InChI is InChI=1S/C34H39ClN4O3/c1-23-7-4-5-10-30(23)33(41)36-28-12-13-31(24(2)21-28)34(42)39-29(9-6-8-26-22-27(35)11-14-32(26)39)15-16-37-17-19-38(20-18-37)25(3)40/h4-5,7,10-14,21-22,29H,6,8-9,15-20H2,1-3H3,(H,36,41). The first kappa shape index (κ1) is 29.8. The molecule has 1 saturated heterocycles. The smallest absolute Gasteiger partial charge is 0.258 e. The second-order valence-electron chi connectivity index (χ2n) is 11.4. The van der Waals surface area contributed by atoms with Gasteiger partial charge in [0.05, 0.1) is 0 Å². The number of aryl methyl sites for hydroxylation is 3. The molecule has 3 amide bonds. The number of piperazine rings is 1. The number of hydrogen-bond donors (Lipinski definition) is 1. The predicted molar refractivity (Wildman–Crippen MR) is 169 cm³/mol. The second-order valence-corrected chi connectivity index (χ2v) is 11.9. The molecule has 2 aliphatic rings. The summed E-state index contributed by atoms with van der Waals surface area (Å²) in [5, 5.41) is 3.66. The summed E-state index contributed by atoms with van der Waals surface area (Å²) in [6, 6.07) is 18.8. The highest BCUT2D eigenvalue weighted by Crippen LogP contribution is 2.35. The summed E-state index contributed by atoms with van der Waals surface area (Å²) < 4.78 is 0. The summed E-state index contributed by atoms with van der Waals surface area (Å²) in [5.74, 6) is -0.0863. The molecule has 1 unspecified atom stereocenters. The first-order valence-electron chi connectivity index (χ1n) is 14.8. The number of rotatable bonds is 6. The van der Waals surface area contributed by atoms with Crippen molar-refractivity contribution in [3.8, 4) is 0 Å². The molecular formula is C34H39ClN4O3. The molecule has 7 nitrogen and oxygen atoms in total. The number of nitrogens with zero attached hydrogens (tertiary/aromatic N) is 3. The Morgan fingerprint density at radius 3 is 2.38 bits per heavy atom. The number of amides is 3. The van der Waals surface area contributed by atoms with E-state index in [1.807, 2.05) is 78.2 Å². The molecule has 8 heteroatoms. The molecule has 3 aromatic rings. The normalized spacial score (nSPS) is 17.4. The van der Waals surface area contributed by atoms with Crippen LogP contribution >= 0.6 is 11.6 Å². The molecule has 1 fully saturated rings. The van der Waals surface area contributed by atoms with Crippen molar-refractivity contribution in [2.45, 2.75) is 52.5 Å². The van der Waals surface area contributed by atoms with Crippen molar-refractivity contribution >= 4 is 40.7 Å². The summed E-state index contributed by atoms with van der Waals surface area (Å²) in [6.45, 7) is 9.51. The third kappa shape index (κ3) is 6.69. The van der Waals surface area contributed by atoms with Crippen LogP contribution in [-0.2, 0) is 11.2 Å². The lowest BCUT2D eigenvalue weighted by molar-refractivity contribution is -0.130. The van der Waals surface area contributed by atoms with Gasteiger partial charge in [-0.3, -0.25) is 19.3 Å². The van der Waals surface area contributed by atoms with Crippen molar-refractivity contribution in [3.05, 3.63) is 93.5 Å². The van der Waals surface area contributed by atoms with Gasteiger partial charge in [-0.05, 0) is 98.7 Å². The molecule has 1 N–H and O–H groups in total. The average Bonchev–Trinajstić information content (AvgIpc) is 3.15.